The number of amides is 1. The van der Waals surface area contributed by atoms with E-state index in [0.717, 1.165) is 18.4 Å². The first-order valence-corrected chi connectivity index (χ1v) is 7.72. The van der Waals surface area contributed by atoms with E-state index in [9.17, 15) is 9.59 Å². The van der Waals surface area contributed by atoms with E-state index in [4.69, 9.17) is 0 Å². The molecule has 0 aliphatic carbocycles. The Morgan fingerprint density at radius 3 is 2.35 bits per heavy atom. The Bertz CT molecular complexity index is 570. The zero-order valence-electron chi connectivity index (χ0n) is 13.8. The molecule has 2 rings (SSSR count). The van der Waals surface area contributed by atoms with E-state index in [0.29, 0.717) is 19.4 Å². The maximum Gasteiger partial charge on any atom is 0.222 e. The minimum Gasteiger partial charge on any atom is -0.345 e. The monoisotopic (exact) mass is 312 g/mol. The number of aryl methyl sites for hydroxylation is 1. The van der Waals surface area contributed by atoms with Gasteiger partial charge in [0.1, 0.15) is 6.29 Å². The minimum atomic E-state index is 0.00281. The Balaban J connectivity index is 0.000000313. The molecule has 0 saturated carbocycles. The molecule has 4 nitrogen and oxygen atoms in total. The molecule has 1 amide bonds. The fraction of sp³-hybridized carbons (Fsp3) is 0.316. The van der Waals surface area contributed by atoms with Crippen LogP contribution >= 0.6 is 0 Å². The number of likely N-dealkylation sites (N-methyl/N-ethyl adjacent to an activating group) is 1. The van der Waals surface area contributed by atoms with E-state index in [2.05, 4.69) is 24.0 Å². The summed E-state index contributed by atoms with van der Waals surface area (Å²) in [4.78, 5) is 27.4. The molecule has 122 valence electrons. The van der Waals surface area contributed by atoms with Gasteiger partial charge < -0.3 is 9.69 Å². The van der Waals surface area contributed by atoms with Crippen LogP contribution in [0.4, 0.5) is 0 Å². The predicted octanol–water partition coefficient (Wildman–Crippen LogP) is 3.06. The average molecular weight is 312 g/mol. The molecule has 0 aliphatic heterocycles. The number of hydrogen-bond acceptors (Lipinski definition) is 3. The highest BCUT2D eigenvalue weighted by atomic mass is 16.2. The van der Waals surface area contributed by atoms with Crippen LogP contribution in [0, 0.1) is 6.92 Å². The topological polar surface area (TPSA) is 50.3 Å². The summed E-state index contributed by atoms with van der Waals surface area (Å²) < 4.78 is 0. The number of nitrogens with zero attached hydrogens (tertiary/aromatic N) is 2. The second-order valence-electron chi connectivity index (χ2n) is 5.25. The summed E-state index contributed by atoms with van der Waals surface area (Å²) in [7, 11) is 1.75. The standard InChI is InChI=1S/C12H16N2O2.C7H8/c1-14(12(16)6-4-10-15)9-7-11-5-2-3-8-13-11;1-7-5-3-2-4-6-7/h2-3,5,8,10H,4,6-7,9H2,1H3;2-6H,1H3. The van der Waals surface area contributed by atoms with Gasteiger partial charge in [0.2, 0.25) is 5.91 Å². The number of pyridine rings is 1. The van der Waals surface area contributed by atoms with Crippen molar-refractivity contribution in [1.82, 2.24) is 9.88 Å². The predicted molar refractivity (Wildman–Crippen MR) is 92.1 cm³/mol. The summed E-state index contributed by atoms with van der Waals surface area (Å²) in [5, 5.41) is 0. The molecule has 4 heteroatoms. The van der Waals surface area contributed by atoms with Gasteiger partial charge in [0.05, 0.1) is 0 Å². The van der Waals surface area contributed by atoms with Crippen LogP contribution in [0.2, 0.25) is 0 Å². The number of carbonyl (C=O) groups excluding carboxylic acids is 2. The largest absolute Gasteiger partial charge is 0.345 e. The molecule has 0 N–H and O–H groups in total. The second kappa shape index (κ2) is 11.1. The van der Waals surface area contributed by atoms with Gasteiger partial charge in [-0.2, -0.15) is 0 Å². The lowest BCUT2D eigenvalue weighted by atomic mass is 10.2. The van der Waals surface area contributed by atoms with E-state index in [-0.39, 0.29) is 5.91 Å². The zero-order valence-corrected chi connectivity index (χ0v) is 13.8. The van der Waals surface area contributed by atoms with Crippen LogP contribution in [0.15, 0.2) is 54.7 Å². The highest BCUT2D eigenvalue weighted by Crippen LogP contribution is 1.99. The van der Waals surface area contributed by atoms with Gasteiger partial charge in [-0.15, -0.1) is 0 Å². The summed E-state index contributed by atoms with van der Waals surface area (Å²) >= 11 is 0. The van der Waals surface area contributed by atoms with Gasteiger partial charge in [-0.1, -0.05) is 42.0 Å². The van der Waals surface area contributed by atoms with Crippen LogP contribution in [-0.2, 0) is 16.0 Å². The Morgan fingerprint density at radius 1 is 1.13 bits per heavy atom. The van der Waals surface area contributed by atoms with Crippen LogP contribution in [0.3, 0.4) is 0 Å². The molecule has 0 spiro atoms. The van der Waals surface area contributed by atoms with Gasteiger partial charge >= 0.3 is 0 Å². The Kier molecular flexibility index (Phi) is 8.98. The average Bonchev–Trinajstić information content (AvgIpc) is 2.59. The van der Waals surface area contributed by atoms with E-state index in [1.165, 1.54) is 5.56 Å². The molecule has 2 aromatic rings. The molecule has 0 unspecified atom stereocenters. The molecule has 0 fully saturated rings. The van der Waals surface area contributed by atoms with Crippen molar-refractivity contribution in [3.63, 3.8) is 0 Å². The first-order valence-electron chi connectivity index (χ1n) is 7.72. The molecule has 0 saturated heterocycles. The van der Waals surface area contributed by atoms with Gasteiger partial charge in [-0.05, 0) is 19.1 Å². The highest BCUT2D eigenvalue weighted by molar-refractivity contribution is 5.78. The summed E-state index contributed by atoms with van der Waals surface area (Å²) in [6.45, 7) is 2.72. The summed E-state index contributed by atoms with van der Waals surface area (Å²) in [6, 6.07) is 16.0. The third-order valence-corrected chi connectivity index (χ3v) is 3.27. The number of benzene rings is 1. The lowest BCUT2D eigenvalue weighted by Gasteiger charge is -2.16. The SMILES string of the molecule is CN(CCc1ccccn1)C(=O)CCC=O.Cc1ccccc1. The van der Waals surface area contributed by atoms with Crippen molar-refractivity contribution in [3.8, 4) is 0 Å². The Hall–Kier alpha value is -2.49. The lowest BCUT2D eigenvalue weighted by Crippen LogP contribution is -2.28. The molecule has 23 heavy (non-hydrogen) atoms. The Morgan fingerprint density at radius 2 is 1.83 bits per heavy atom. The second-order valence-corrected chi connectivity index (χ2v) is 5.25. The summed E-state index contributed by atoms with van der Waals surface area (Å²) in [5.41, 5.74) is 2.29. The molecular weight excluding hydrogens is 288 g/mol. The van der Waals surface area contributed by atoms with Crippen LogP contribution in [0.25, 0.3) is 0 Å². The normalized spacial score (nSPS) is 9.48. The van der Waals surface area contributed by atoms with Gasteiger partial charge in [0.25, 0.3) is 0 Å². The first-order chi connectivity index (χ1) is 11.1. The maximum atomic E-state index is 11.5. The smallest absolute Gasteiger partial charge is 0.222 e. The van der Waals surface area contributed by atoms with Crippen molar-refractivity contribution in [2.75, 3.05) is 13.6 Å². The Labute approximate surface area is 138 Å². The fourth-order valence-electron chi connectivity index (χ4n) is 1.86. The summed E-state index contributed by atoms with van der Waals surface area (Å²) in [6.07, 6.45) is 3.84. The molecule has 1 heterocycles. The third kappa shape index (κ3) is 8.51. The van der Waals surface area contributed by atoms with E-state index in [1.54, 1.807) is 18.1 Å². The van der Waals surface area contributed by atoms with Crippen LogP contribution in [0.5, 0.6) is 0 Å². The number of aldehydes is 1. The van der Waals surface area contributed by atoms with Crippen LogP contribution in [-0.4, -0.2) is 35.7 Å². The number of hydrogen-bond donors (Lipinski definition) is 0. The maximum absolute atomic E-state index is 11.5. The van der Waals surface area contributed by atoms with Gasteiger partial charge in [-0.3, -0.25) is 9.78 Å². The molecule has 0 bridgehead atoms. The molecule has 0 radical (unpaired) electrons. The van der Waals surface area contributed by atoms with Gasteiger partial charge in [0.15, 0.2) is 0 Å². The molecular formula is C19H24N2O2. The van der Waals surface area contributed by atoms with Gasteiger partial charge in [0, 0.05) is 44.7 Å². The fourth-order valence-corrected chi connectivity index (χ4v) is 1.86. The van der Waals surface area contributed by atoms with Crippen LogP contribution in [0.1, 0.15) is 24.1 Å². The number of carbonyl (C=O) groups is 2. The van der Waals surface area contributed by atoms with Crippen molar-refractivity contribution >= 4 is 12.2 Å². The highest BCUT2D eigenvalue weighted by Gasteiger charge is 2.07. The summed E-state index contributed by atoms with van der Waals surface area (Å²) in [5.74, 6) is 0.00281. The number of aromatic nitrogens is 1. The third-order valence-electron chi connectivity index (χ3n) is 3.27. The van der Waals surface area contributed by atoms with Crippen molar-refractivity contribution in [1.29, 1.82) is 0 Å². The lowest BCUT2D eigenvalue weighted by molar-refractivity contribution is -0.130. The molecule has 1 aromatic heterocycles. The van der Waals surface area contributed by atoms with Gasteiger partial charge in [-0.25, -0.2) is 0 Å². The van der Waals surface area contributed by atoms with Crippen molar-refractivity contribution in [2.24, 2.45) is 0 Å². The van der Waals surface area contributed by atoms with Crippen molar-refractivity contribution in [3.05, 3.63) is 66.0 Å². The van der Waals surface area contributed by atoms with Crippen molar-refractivity contribution in [2.45, 2.75) is 26.2 Å². The number of rotatable bonds is 6. The first kappa shape index (κ1) is 18.6. The van der Waals surface area contributed by atoms with Crippen molar-refractivity contribution < 1.29 is 9.59 Å². The van der Waals surface area contributed by atoms with E-state index >= 15 is 0 Å². The molecule has 0 aliphatic rings. The molecule has 0 atom stereocenters. The molecule has 1 aromatic carbocycles. The minimum absolute atomic E-state index is 0.00281. The van der Waals surface area contributed by atoms with Crippen LogP contribution < -0.4 is 0 Å². The quantitative estimate of drug-likeness (QED) is 0.770. The zero-order chi connectivity index (χ0) is 16.9. The van der Waals surface area contributed by atoms with E-state index in [1.807, 2.05) is 36.4 Å². The van der Waals surface area contributed by atoms with E-state index < -0.39 is 0 Å².